The second-order valence-corrected chi connectivity index (χ2v) is 7.63. The van der Waals surface area contributed by atoms with Crippen LogP contribution in [0, 0.1) is 18.3 Å². The lowest BCUT2D eigenvalue weighted by Gasteiger charge is -2.15. The summed E-state index contributed by atoms with van der Waals surface area (Å²) in [6, 6.07) is 17.7. The summed E-state index contributed by atoms with van der Waals surface area (Å²) in [6.45, 7) is 2.44. The molecule has 0 fully saturated rings. The summed E-state index contributed by atoms with van der Waals surface area (Å²) in [4.78, 5) is 14.0. The van der Waals surface area contributed by atoms with E-state index in [1.807, 2.05) is 60.0 Å². The Labute approximate surface area is 180 Å². The van der Waals surface area contributed by atoms with Gasteiger partial charge in [0.2, 0.25) is 5.91 Å². The molecule has 30 heavy (non-hydrogen) atoms. The first-order valence-corrected chi connectivity index (χ1v) is 10.4. The Kier molecular flexibility index (Phi) is 7.09. The number of hydrogen-bond acceptors (Lipinski definition) is 6. The topological polar surface area (TPSA) is 84.0 Å². The van der Waals surface area contributed by atoms with Gasteiger partial charge in [0.15, 0.2) is 11.0 Å². The average molecular weight is 422 g/mol. The van der Waals surface area contributed by atoms with Crippen LogP contribution in [0.2, 0.25) is 0 Å². The molecule has 1 heterocycles. The van der Waals surface area contributed by atoms with Crippen molar-refractivity contribution in [1.82, 2.24) is 19.7 Å². The molecule has 0 saturated carbocycles. The quantitative estimate of drug-likeness (QED) is 0.516. The average Bonchev–Trinajstić information content (AvgIpc) is 3.19. The molecule has 0 bridgehead atoms. The number of thioether (sulfide) groups is 1. The predicted molar refractivity (Wildman–Crippen MR) is 117 cm³/mol. The number of methoxy groups -OCH3 is 1. The van der Waals surface area contributed by atoms with Gasteiger partial charge >= 0.3 is 0 Å². The summed E-state index contributed by atoms with van der Waals surface area (Å²) in [5.41, 5.74) is 2.87. The third-order valence-electron chi connectivity index (χ3n) is 4.58. The summed E-state index contributed by atoms with van der Waals surface area (Å²) in [5.74, 6) is 1.48. The van der Waals surface area contributed by atoms with Crippen molar-refractivity contribution < 1.29 is 9.53 Å². The van der Waals surface area contributed by atoms with Gasteiger partial charge in [0.1, 0.15) is 5.75 Å². The number of nitrogens with zero attached hydrogens (tertiary/aromatic N) is 5. The van der Waals surface area contributed by atoms with E-state index in [0.29, 0.717) is 29.7 Å². The summed E-state index contributed by atoms with van der Waals surface area (Å²) in [6.07, 6.45) is 0.310. The lowest BCUT2D eigenvalue weighted by molar-refractivity contribution is -0.127. The smallest absolute Gasteiger partial charge is 0.232 e. The van der Waals surface area contributed by atoms with E-state index in [9.17, 15) is 4.79 Å². The fourth-order valence-corrected chi connectivity index (χ4v) is 3.77. The molecule has 7 nitrogen and oxygen atoms in total. The minimum atomic E-state index is -0.0625. The van der Waals surface area contributed by atoms with Crippen LogP contribution in [-0.2, 0) is 4.79 Å². The minimum absolute atomic E-state index is 0.0625. The number of nitriles is 1. The predicted octanol–water partition coefficient (Wildman–Crippen LogP) is 3.72. The Hall–Kier alpha value is -3.31. The molecule has 0 N–H and O–H groups in total. The molecule has 0 radical (unpaired) electrons. The molecular weight excluding hydrogens is 398 g/mol. The van der Waals surface area contributed by atoms with Crippen LogP contribution in [0.5, 0.6) is 5.75 Å². The molecule has 0 aliphatic heterocycles. The van der Waals surface area contributed by atoms with Crippen molar-refractivity contribution in [3.8, 4) is 28.9 Å². The first kappa shape index (κ1) is 21.4. The number of hydrogen-bond donors (Lipinski definition) is 0. The van der Waals surface area contributed by atoms with Crippen molar-refractivity contribution in [2.45, 2.75) is 18.5 Å². The van der Waals surface area contributed by atoms with Gasteiger partial charge in [-0.2, -0.15) is 5.26 Å². The maximum atomic E-state index is 12.4. The molecule has 0 spiro atoms. The van der Waals surface area contributed by atoms with E-state index in [1.165, 1.54) is 11.8 Å². The van der Waals surface area contributed by atoms with Crippen molar-refractivity contribution in [2.24, 2.45) is 0 Å². The number of ether oxygens (including phenoxy) is 1. The number of carbonyl (C=O) groups excluding carboxylic acids is 1. The number of aromatic nitrogens is 3. The second-order valence-electron chi connectivity index (χ2n) is 6.69. The third-order valence-corrected chi connectivity index (χ3v) is 5.50. The number of amides is 1. The molecule has 0 saturated heterocycles. The summed E-state index contributed by atoms with van der Waals surface area (Å²) in [7, 11) is 3.32. The Morgan fingerprint density at radius 1 is 1.20 bits per heavy atom. The first-order chi connectivity index (χ1) is 14.5. The van der Waals surface area contributed by atoms with Crippen molar-refractivity contribution in [3.63, 3.8) is 0 Å². The first-order valence-electron chi connectivity index (χ1n) is 9.44. The Balaban J connectivity index is 1.96. The monoisotopic (exact) mass is 421 g/mol. The molecule has 0 aliphatic carbocycles. The number of carbonyl (C=O) groups is 1. The normalized spacial score (nSPS) is 10.5. The fraction of sp³-hybridized carbons (Fsp3) is 0.273. The van der Waals surface area contributed by atoms with Gasteiger partial charge in [0, 0.05) is 19.3 Å². The van der Waals surface area contributed by atoms with Crippen molar-refractivity contribution in [3.05, 3.63) is 54.1 Å². The maximum Gasteiger partial charge on any atom is 0.232 e. The standard InChI is InChI=1S/C22H23N5O2S/c1-16-9-11-17(12-10-16)27-21(18-7-4-5-8-19(18)29-3)24-25-22(27)30-15-20(28)26(2)14-6-13-23/h4-5,7-12H,6,14-15H2,1-3H3. The van der Waals surface area contributed by atoms with E-state index in [4.69, 9.17) is 10.00 Å². The van der Waals surface area contributed by atoms with E-state index in [0.717, 1.165) is 16.8 Å². The molecule has 0 atom stereocenters. The summed E-state index contributed by atoms with van der Waals surface area (Å²) in [5, 5.41) is 18.1. The largest absolute Gasteiger partial charge is 0.496 e. The van der Waals surface area contributed by atoms with Crippen LogP contribution >= 0.6 is 11.8 Å². The highest BCUT2D eigenvalue weighted by Crippen LogP contribution is 2.33. The van der Waals surface area contributed by atoms with Crippen LogP contribution in [0.1, 0.15) is 12.0 Å². The van der Waals surface area contributed by atoms with Gasteiger partial charge in [-0.1, -0.05) is 41.6 Å². The highest BCUT2D eigenvalue weighted by atomic mass is 32.2. The summed E-state index contributed by atoms with van der Waals surface area (Å²) < 4.78 is 7.45. The van der Waals surface area contributed by atoms with Crippen LogP contribution in [-0.4, -0.2) is 52.0 Å². The van der Waals surface area contributed by atoms with Crippen molar-refractivity contribution in [2.75, 3.05) is 26.5 Å². The molecule has 2 aromatic carbocycles. The van der Waals surface area contributed by atoms with E-state index in [1.54, 1.807) is 19.1 Å². The van der Waals surface area contributed by atoms with E-state index in [2.05, 4.69) is 16.3 Å². The zero-order chi connectivity index (χ0) is 21.5. The van der Waals surface area contributed by atoms with Gasteiger partial charge in [-0.15, -0.1) is 10.2 Å². The molecular formula is C22H23N5O2S. The number of para-hydroxylation sites is 1. The molecule has 154 valence electrons. The fourth-order valence-electron chi connectivity index (χ4n) is 2.87. The van der Waals surface area contributed by atoms with Gasteiger partial charge in [-0.3, -0.25) is 9.36 Å². The molecule has 0 unspecified atom stereocenters. The number of aryl methyl sites for hydroxylation is 1. The van der Waals surface area contributed by atoms with Gasteiger partial charge < -0.3 is 9.64 Å². The Bertz CT molecular complexity index is 1060. The molecule has 0 aliphatic rings. The molecule has 8 heteroatoms. The van der Waals surface area contributed by atoms with Gasteiger partial charge in [0.05, 0.1) is 30.9 Å². The Morgan fingerprint density at radius 3 is 2.63 bits per heavy atom. The van der Waals surface area contributed by atoms with Gasteiger partial charge in [-0.25, -0.2) is 0 Å². The van der Waals surface area contributed by atoms with Crippen LogP contribution in [0.25, 0.3) is 17.1 Å². The zero-order valence-corrected chi connectivity index (χ0v) is 18.0. The van der Waals surface area contributed by atoms with E-state index < -0.39 is 0 Å². The molecule has 1 aromatic heterocycles. The van der Waals surface area contributed by atoms with Crippen molar-refractivity contribution >= 4 is 17.7 Å². The lowest BCUT2D eigenvalue weighted by atomic mass is 10.1. The van der Waals surface area contributed by atoms with E-state index in [-0.39, 0.29) is 11.7 Å². The SMILES string of the molecule is COc1ccccc1-c1nnc(SCC(=O)N(C)CCC#N)n1-c1ccc(C)cc1. The van der Waals surface area contributed by atoms with E-state index >= 15 is 0 Å². The Morgan fingerprint density at radius 2 is 1.93 bits per heavy atom. The van der Waals surface area contributed by atoms with Crippen LogP contribution in [0.15, 0.2) is 53.7 Å². The van der Waals surface area contributed by atoms with Crippen molar-refractivity contribution in [1.29, 1.82) is 5.26 Å². The maximum absolute atomic E-state index is 12.4. The second kappa shape index (κ2) is 9.94. The molecule has 3 aromatic rings. The van der Waals surface area contributed by atoms with Crippen LogP contribution < -0.4 is 4.74 Å². The number of benzene rings is 2. The van der Waals surface area contributed by atoms with Crippen LogP contribution in [0.4, 0.5) is 0 Å². The van der Waals surface area contributed by atoms with Gasteiger partial charge in [0.25, 0.3) is 0 Å². The van der Waals surface area contributed by atoms with Crippen LogP contribution in [0.3, 0.4) is 0 Å². The lowest BCUT2D eigenvalue weighted by Crippen LogP contribution is -2.29. The summed E-state index contributed by atoms with van der Waals surface area (Å²) >= 11 is 1.32. The third kappa shape index (κ3) is 4.81. The molecule has 3 rings (SSSR count). The zero-order valence-electron chi connectivity index (χ0n) is 17.2. The minimum Gasteiger partial charge on any atom is -0.496 e. The molecule has 1 amide bonds. The highest BCUT2D eigenvalue weighted by molar-refractivity contribution is 7.99. The van der Waals surface area contributed by atoms with Gasteiger partial charge in [-0.05, 0) is 31.2 Å². The number of rotatable bonds is 8. The highest BCUT2D eigenvalue weighted by Gasteiger charge is 2.20.